The van der Waals surface area contributed by atoms with E-state index in [0.29, 0.717) is 17.9 Å². The van der Waals surface area contributed by atoms with Gasteiger partial charge < -0.3 is 19.2 Å². The van der Waals surface area contributed by atoms with Crippen molar-refractivity contribution in [1.29, 1.82) is 0 Å². The minimum atomic E-state index is -1.14. The summed E-state index contributed by atoms with van der Waals surface area (Å²) in [6.45, 7) is 5.51. The number of ether oxygens (including phenoxy) is 2. The van der Waals surface area contributed by atoms with Crippen LogP contribution in [0.4, 0.5) is 4.79 Å². The number of hydrogen-bond donors (Lipinski definition) is 2. The van der Waals surface area contributed by atoms with E-state index in [1.54, 1.807) is 43.3 Å². The molecule has 1 aromatic heterocycles. The van der Waals surface area contributed by atoms with E-state index in [0.717, 1.165) is 16.5 Å². The number of rotatable bonds is 7. The zero-order chi connectivity index (χ0) is 24.0. The van der Waals surface area contributed by atoms with Crippen LogP contribution in [0.25, 0.3) is 11.0 Å². The topological polar surface area (TPSA) is 124 Å². The standard InChI is InChI=1S/C24H24N2O7/c1-4-25-24(30)26-22(28)15(3)32-23(29)17-7-5-16(6-8-17)13-31-18-9-10-19-14(2)11-21(27)33-20(19)12-18/h5-12,15H,4,13H2,1-3H3,(H2,25,26,28,30). The van der Waals surface area contributed by atoms with Crippen LogP contribution in [-0.2, 0) is 16.1 Å². The van der Waals surface area contributed by atoms with Gasteiger partial charge >= 0.3 is 17.6 Å². The Kier molecular flexibility index (Phi) is 7.45. The summed E-state index contributed by atoms with van der Waals surface area (Å²) in [5.41, 5.74) is 1.89. The van der Waals surface area contributed by atoms with Crippen LogP contribution in [0.1, 0.15) is 35.3 Å². The molecule has 33 heavy (non-hydrogen) atoms. The lowest BCUT2D eigenvalue weighted by molar-refractivity contribution is -0.127. The van der Waals surface area contributed by atoms with Gasteiger partial charge in [0.1, 0.15) is 17.9 Å². The van der Waals surface area contributed by atoms with E-state index in [9.17, 15) is 19.2 Å². The second-order valence-corrected chi connectivity index (χ2v) is 7.29. The maximum absolute atomic E-state index is 12.3. The summed E-state index contributed by atoms with van der Waals surface area (Å²) < 4.78 is 16.1. The minimum Gasteiger partial charge on any atom is -0.489 e. The van der Waals surface area contributed by atoms with Crippen LogP contribution in [0.3, 0.4) is 0 Å². The van der Waals surface area contributed by atoms with E-state index in [1.165, 1.54) is 13.0 Å². The number of nitrogens with one attached hydrogen (secondary N) is 2. The molecule has 9 nitrogen and oxygen atoms in total. The third kappa shape index (κ3) is 6.19. The number of carbonyl (C=O) groups is 3. The van der Waals surface area contributed by atoms with Crippen LogP contribution in [0.2, 0.25) is 0 Å². The molecule has 0 radical (unpaired) electrons. The Hall–Kier alpha value is -4.14. The quantitative estimate of drug-likeness (QED) is 0.417. The molecule has 3 rings (SSSR count). The average molecular weight is 452 g/mol. The van der Waals surface area contributed by atoms with Gasteiger partial charge in [-0.3, -0.25) is 10.1 Å². The second-order valence-electron chi connectivity index (χ2n) is 7.29. The van der Waals surface area contributed by atoms with E-state index >= 15 is 0 Å². The van der Waals surface area contributed by atoms with Gasteiger partial charge in [-0.05, 0) is 56.2 Å². The molecule has 2 N–H and O–H groups in total. The number of benzene rings is 2. The van der Waals surface area contributed by atoms with Crippen molar-refractivity contribution in [1.82, 2.24) is 10.6 Å². The highest BCUT2D eigenvalue weighted by molar-refractivity contribution is 5.98. The molecular weight excluding hydrogens is 428 g/mol. The smallest absolute Gasteiger partial charge is 0.338 e. The number of imide groups is 1. The predicted octanol–water partition coefficient (Wildman–Crippen LogP) is 3.07. The van der Waals surface area contributed by atoms with Crippen molar-refractivity contribution in [3.05, 3.63) is 75.6 Å². The number of hydrogen-bond acceptors (Lipinski definition) is 7. The zero-order valence-corrected chi connectivity index (χ0v) is 18.5. The fourth-order valence-electron chi connectivity index (χ4n) is 3.00. The number of fused-ring (bicyclic) bond motifs is 1. The van der Waals surface area contributed by atoms with Crippen molar-refractivity contribution in [2.24, 2.45) is 0 Å². The van der Waals surface area contributed by atoms with Gasteiger partial charge in [0.25, 0.3) is 5.91 Å². The van der Waals surface area contributed by atoms with Gasteiger partial charge in [0, 0.05) is 24.1 Å². The highest BCUT2D eigenvalue weighted by atomic mass is 16.5. The predicted molar refractivity (Wildman–Crippen MR) is 120 cm³/mol. The third-order valence-corrected chi connectivity index (χ3v) is 4.75. The molecule has 0 aliphatic carbocycles. The van der Waals surface area contributed by atoms with Crippen molar-refractivity contribution in [2.75, 3.05) is 6.54 Å². The first-order valence-corrected chi connectivity index (χ1v) is 10.3. The van der Waals surface area contributed by atoms with Crippen LogP contribution in [0, 0.1) is 6.92 Å². The number of aryl methyl sites for hydroxylation is 1. The minimum absolute atomic E-state index is 0.224. The summed E-state index contributed by atoms with van der Waals surface area (Å²) in [6.07, 6.45) is -1.14. The Labute approximate surface area is 189 Å². The van der Waals surface area contributed by atoms with Crippen LogP contribution >= 0.6 is 0 Å². The molecule has 0 saturated heterocycles. The number of amides is 3. The van der Waals surface area contributed by atoms with Crippen molar-refractivity contribution < 1.29 is 28.3 Å². The number of esters is 1. The number of carbonyl (C=O) groups excluding carboxylic acids is 3. The van der Waals surface area contributed by atoms with E-state index < -0.39 is 29.6 Å². The van der Waals surface area contributed by atoms with Crippen molar-refractivity contribution >= 4 is 28.9 Å². The van der Waals surface area contributed by atoms with E-state index in [1.807, 2.05) is 13.0 Å². The molecular formula is C24H24N2O7. The normalized spacial score (nSPS) is 11.5. The van der Waals surface area contributed by atoms with Gasteiger partial charge in [-0.2, -0.15) is 0 Å². The Morgan fingerprint density at radius 1 is 1.06 bits per heavy atom. The molecule has 0 aliphatic rings. The lowest BCUT2D eigenvalue weighted by Crippen LogP contribution is -2.44. The van der Waals surface area contributed by atoms with E-state index in [4.69, 9.17) is 13.9 Å². The van der Waals surface area contributed by atoms with Gasteiger partial charge in [-0.25, -0.2) is 14.4 Å². The Balaban J connectivity index is 1.57. The highest BCUT2D eigenvalue weighted by Crippen LogP contribution is 2.23. The van der Waals surface area contributed by atoms with Crippen LogP contribution in [0.5, 0.6) is 5.75 Å². The SMILES string of the molecule is CCNC(=O)NC(=O)C(C)OC(=O)c1ccc(COc2ccc3c(C)cc(=O)oc3c2)cc1. The molecule has 1 atom stereocenters. The monoisotopic (exact) mass is 452 g/mol. The molecule has 0 fully saturated rings. The van der Waals surface area contributed by atoms with Gasteiger partial charge in [0.15, 0.2) is 6.10 Å². The van der Waals surface area contributed by atoms with Gasteiger partial charge in [0.05, 0.1) is 5.56 Å². The zero-order valence-electron chi connectivity index (χ0n) is 18.5. The summed E-state index contributed by atoms with van der Waals surface area (Å²) in [7, 11) is 0. The fraction of sp³-hybridized carbons (Fsp3) is 0.250. The van der Waals surface area contributed by atoms with Crippen molar-refractivity contribution in [2.45, 2.75) is 33.5 Å². The largest absolute Gasteiger partial charge is 0.489 e. The first-order valence-electron chi connectivity index (χ1n) is 10.3. The van der Waals surface area contributed by atoms with Crippen LogP contribution in [-0.4, -0.2) is 30.6 Å². The highest BCUT2D eigenvalue weighted by Gasteiger charge is 2.20. The maximum Gasteiger partial charge on any atom is 0.338 e. The lowest BCUT2D eigenvalue weighted by Gasteiger charge is -2.13. The third-order valence-electron chi connectivity index (χ3n) is 4.75. The molecule has 2 aromatic carbocycles. The molecule has 172 valence electrons. The fourth-order valence-corrected chi connectivity index (χ4v) is 3.00. The summed E-state index contributed by atoms with van der Waals surface area (Å²) in [5.74, 6) is -0.881. The Morgan fingerprint density at radius 3 is 2.48 bits per heavy atom. The van der Waals surface area contributed by atoms with E-state index in [-0.39, 0.29) is 12.2 Å². The molecule has 3 amide bonds. The Morgan fingerprint density at radius 2 is 1.79 bits per heavy atom. The van der Waals surface area contributed by atoms with Crippen LogP contribution in [0.15, 0.2) is 57.7 Å². The number of urea groups is 1. The summed E-state index contributed by atoms with van der Waals surface area (Å²) in [6, 6.07) is 12.5. The Bertz CT molecular complexity index is 1230. The molecule has 0 aliphatic heterocycles. The molecule has 0 spiro atoms. The lowest BCUT2D eigenvalue weighted by atomic mass is 10.1. The first kappa shape index (κ1) is 23.5. The van der Waals surface area contributed by atoms with Crippen molar-refractivity contribution in [3.63, 3.8) is 0 Å². The molecule has 1 unspecified atom stereocenters. The summed E-state index contributed by atoms with van der Waals surface area (Å²) >= 11 is 0. The van der Waals surface area contributed by atoms with Crippen molar-refractivity contribution in [3.8, 4) is 5.75 Å². The second kappa shape index (κ2) is 10.4. The van der Waals surface area contributed by atoms with Crippen LogP contribution < -0.4 is 21.0 Å². The van der Waals surface area contributed by atoms with Gasteiger partial charge in [0.2, 0.25) is 0 Å². The van der Waals surface area contributed by atoms with Gasteiger partial charge in [-0.1, -0.05) is 12.1 Å². The molecule has 0 bridgehead atoms. The van der Waals surface area contributed by atoms with Gasteiger partial charge in [-0.15, -0.1) is 0 Å². The molecule has 1 heterocycles. The average Bonchev–Trinajstić information content (AvgIpc) is 2.77. The summed E-state index contributed by atoms with van der Waals surface area (Å²) in [5, 5.41) is 5.34. The van der Waals surface area contributed by atoms with E-state index in [2.05, 4.69) is 10.6 Å². The molecule has 0 saturated carbocycles. The first-order chi connectivity index (χ1) is 15.8. The maximum atomic E-state index is 12.3. The molecule has 9 heteroatoms. The molecule has 3 aromatic rings. The summed E-state index contributed by atoms with van der Waals surface area (Å²) in [4.78, 5) is 47.1.